The van der Waals surface area contributed by atoms with Crippen LogP contribution in [0, 0.1) is 0 Å². The summed E-state index contributed by atoms with van der Waals surface area (Å²) < 4.78 is 25.5. The third-order valence-corrected chi connectivity index (χ3v) is 6.37. The highest BCUT2D eigenvalue weighted by atomic mass is 35.5. The number of nitrogens with zero attached hydrogens (tertiary/aromatic N) is 3. The lowest BCUT2D eigenvalue weighted by Crippen LogP contribution is -2.31. The summed E-state index contributed by atoms with van der Waals surface area (Å²) in [5.41, 5.74) is 1.69. The second-order valence-corrected chi connectivity index (χ2v) is 8.68. The van der Waals surface area contributed by atoms with E-state index >= 15 is 0 Å². The average molecular weight is 446 g/mol. The smallest absolute Gasteiger partial charge is 0.264 e. The summed E-state index contributed by atoms with van der Waals surface area (Å²) in [6.07, 6.45) is 1.66. The highest BCUT2D eigenvalue weighted by Gasteiger charge is 2.23. The Morgan fingerprint density at radius 2 is 1.70 bits per heavy atom. The molecule has 7 nitrogen and oxygen atoms in total. The molecule has 3 rings (SSSR count). The van der Waals surface area contributed by atoms with Crippen LogP contribution in [-0.4, -0.2) is 37.9 Å². The van der Waals surface area contributed by atoms with Crippen molar-refractivity contribution in [3.8, 4) is 0 Å². The van der Waals surface area contributed by atoms with Gasteiger partial charge in [-0.1, -0.05) is 22.1 Å². The zero-order valence-corrected chi connectivity index (χ0v) is 18.0. The number of aromatic nitrogens is 1. The van der Waals surface area contributed by atoms with Gasteiger partial charge in [-0.2, -0.15) is 0 Å². The molecule has 9 heteroatoms. The Morgan fingerprint density at radius 3 is 2.27 bits per heavy atom. The molecule has 0 fully saturated rings. The molecule has 0 aliphatic rings. The van der Waals surface area contributed by atoms with Gasteiger partial charge in [-0.3, -0.25) is 14.6 Å². The van der Waals surface area contributed by atoms with E-state index in [9.17, 15) is 13.2 Å². The van der Waals surface area contributed by atoms with Crippen LogP contribution in [0.4, 0.5) is 5.69 Å². The van der Waals surface area contributed by atoms with Crippen molar-refractivity contribution in [3.05, 3.63) is 89.2 Å². The third kappa shape index (κ3) is 4.85. The van der Waals surface area contributed by atoms with Crippen molar-refractivity contribution in [1.29, 1.82) is 0 Å². The first-order valence-electron chi connectivity index (χ1n) is 8.93. The maximum Gasteiger partial charge on any atom is 0.264 e. The SMILES string of the molecule is CON(C)S(=O)(=O)c1ccc(C(=O)N(Cc2ccccn2)c2ccc(Cl)cc2)cc1. The Hall–Kier alpha value is -2.78. The molecule has 3 aromatic rings. The fraction of sp³-hybridized carbons (Fsp3) is 0.143. The Balaban J connectivity index is 1.93. The zero-order chi connectivity index (χ0) is 21.7. The Morgan fingerprint density at radius 1 is 1.03 bits per heavy atom. The number of carbonyl (C=O) groups excluding carboxylic acids is 1. The summed E-state index contributed by atoms with van der Waals surface area (Å²) in [5, 5.41) is 0.556. The van der Waals surface area contributed by atoms with E-state index in [1.165, 1.54) is 38.4 Å². The molecule has 0 spiro atoms. The molecule has 1 amide bonds. The molecule has 156 valence electrons. The van der Waals surface area contributed by atoms with Gasteiger partial charge in [-0.05, 0) is 60.7 Å². The average Bonchev–Trinajstić information content (AvgIpc) is 2.78. The number of halogens is 1. The predicted molar refractivity (Wildman–Crippen MR) is 115 cm³/mol. The van der Waals surface area contributed by atoms with E-state index < -0.39 is 10.0 Å². The van der Waals surface area contributed by atoms with Crippen LogP contribution in [0.15, 0.2) is 77.8 Å². The van der Waals surface area contributed by atoms with Crippen molar-refractivity contribution in [1.82, 2.24) is 9.45 Å². The van der Waals surface area contributed by atoms with Crippen LogP contribution < -0.4 is 4.90 Å². The van der Waals surface area contributed by atoms with E-state index in [1.807, 2.05) is 12.1 Å². The molecule has 0 saturated carbocycles. The van der Waals surface area contributed by atoms with Crippen molar-refractivity contribution < 1.29 is 18.0 Å². The highest BCUT2D eigenvalue weighted by Crippen LogP contribution is 2.23. The van der Waals surface area contributed by atoms with Gasteiger partial charge >= 0.3 is 0 Å². The van der Waals surface area contributed by atoms with Crippen LogP contribution in [0.25, 0.3) is 0 Å². The van der Waals surface area contributed by atoms with E-state index in [1.54, 1.807) is 41.4 Å². The van der Waals surface area contributed by atoms with Crippen molar-refractivity contribution in [2.75, 3.05) is 19.1 Å². The normalized spacial score (nSPS) is 11.5. The number of pyridine rings is 1. The lowest BCUT2D eigenvalue weighted by Gasteiger charge is -2.23. The molecule has 1 aromatic heterocycles. The van der Waals surface area contributed by atoms with Crippen LogP contribution in [-0.2, 0) is 21.4 Å². The summed E-state index contributed by atoms with van der Waals surface area (Å²) in [4.78, 5) is 23.9. The first-order valence-corrected chi connectivity index (χ1v) is 10.7. The molecular weight excluding hydrogens is 426 g/mol. The van der Waals surface area contributed by atoms with Crippen LogP contribution in [0.1, 0.15) is 16.1 Å². The lowest BCUT2D eigenvalue weighted by atomic mass is 10.1. The number of benzene rings is 2. The largest absolute Gasteiger partial charge is 0.302 e. The van der Waals surface area contributed by atoms with E-state index in [2.05, 4.69) is 4.98 Å². The molecule has 0 N–H and O–H groups in total. The van der Waals surface area contributed by atoms with E-state index in [0.29, 0.717) is 22.0 Å². The Labute approximate surface area is 180 Å². The Kier molecular flexibility index (Phi) is 6.84. The standard InChI is InChI=1S/C21H20ClN3O4S/c1-24(29-2)30(27,28)20-12-6-16(7-13-20)21(26)25(15-18-5-3-4-14-23-18)19-10-8-17(22)9-11-19/h3-14H,15H2,1-2H3. The van der Waals surface area contributed by atoms with Crippen LogP contribution in [0.2, 0.25) is 5.02 Å². The van der Waals surface area contributed by atoms with Crippen molar-refractivity contribution in [2.45, 2.75) is 11.4 Å². The van der Waals surface area contributed by atoms with Gasteiger partial charge in [-0.15, -0.1) is 0 Å². The highest BCUT2D eigenvalue weighted by molar-refractivity contribution is 7.89. The molecule has 0 aliphatic carbocycles. The summed E-state index contributed by atoms with van der Waals surface area (Å²) in [6.45, 7) is 0.244. The van der Waals surface area contributed by atoms with Gasteiger partial charge < -0.3 is 4.90 Å². The third-order valence-electron chi connectivity index (χ3n) is 4.42. The fourth-order valence-electron chi connectivity index (χ4n) is 2.73. The molecule has 0 aliphatic heterocycles. The summed E-state index contributed by atoms with van der Waals surface area (Å²) in [5.74, 6) is -0.299. The molecule has 0 unspecified atom stereocenters. The van der Waals surface area contributed by atoms with Crippen molar-refractivity contribution in [2.24, 2.45) is 0 Å². The first-order chi connectivity index (χ1) is 14.3. The number of sulfonamides is 1. The molecule has 2 aromatic carbocycles. The fourth-order valence-corrected chi connectivity index (χ4v) is 3.83. The molecule has 1 heterocycles. The maximum atomic E-state index is 13.3. The predicted octanol–water partition coefficient (Wildman–Crippen LogP) is 3.76. The number of amides is 1. The minimum absolute atomic E-state index is 0.0196. The number of hydroxylamine groups is 1. The van der Waals surface area contributed by atoms with Gasteiger partial charge in [0.25, 0.3) is 15.9 Å². The number of hydrogen-bond acceptors (Lipinski definition) is 5. The van der Waals surface area contributed by atoms with Crippen LogP contribution in [0.3, 0.4) is 0 Å². The van der Waals surface area contributed by atoms with Crippen molar-refractivity contribution >= 4 is 33.2 Å². The van der Waals surface area contributed by atoms with Gasteiger partial charge in [0.1, 0.15) is 0 Å². The van der Waals surface area contributed by atoms with E-state index in [-0.39, 0.29) is 17.3 Å². The topological polar surface area (TPSA) is 79.8 Å². The molecule has 0 bridgehead atoms. The van der Waals surface area contributed by atoms with Crippen LogP contribution in [0.5, 0.6) is 0 Å². The lowest BCUT2D eigenvalue weighted by molar-refractivity contribution is -0.0258. The number of hydrogen-bond donors (Lipinski definition) is 0. The number of rotatable bonds is 7. The quantitative estimate of drug-likeness (QED) is 0.517. The Bertz CT molecular complexity index is 1110. The first kappa shape index (κ1) is 21.9. The van der Waals surface area contributed by atoms with Gasteiger partial charge in [0.15, 0.2) is 0 Å². The molecule has 0 saturated heterocycles. The van der Waals surface area contributed by atoms with Gasteiger partial charge in [0.2, 0.25) is 0 Å². The molecule has 30 heavy (non-hydrogen) atoms. The molecular formula is C21H20ClN3O4S. The monoisotopic (exact) mass is 445 g/mol. The van der Waals surface area contributed by atoms with Crippen molar-refractivity contribution in [3.63, 3.8) is 0 Å². The summed E-state index contributed by atoms with van der Waals surface area (Å²) >= 11 is 5.98. The summed E-state index contributed by atoms with van der Waals surface area (Å²) in [6, 6.07) is 18.1. The van der Waals surface area contributed by atoms with E-state index in [0.717, 1.165) is 4.47 Å². The maximum absolute atomic E-state index is 13.3. The van der Waals surface area contributed by atoms with Gasteiger partial charge in [0.05, 0.1) is 24.2 Å². The minimum Gasteiger partial charge on any atom is -0.302 e. The number of carbonyl (C=O) groups is 1. The molecule has 0 radical (unpaired) electrons. The second-order valence-electron chi connectivity index (χ2n) is 6.31. The van der Waals surface area contributed by atoms with Gasteiger partial charge in [-0.25, -0.2) is 8.42 Å². The summed E-state index contributed by atoms with van der Waals surface area (Å²) in [7, 11) is -1.24. The minimum atomic E-state index is -3.80. The van der Waals surface area contributed by atoms with Crippen LogP contribution >= 0.6 is 11.6 Å². The zero-order valence-electron chi connectivity index (χ0n) is 16.4. The van der Waals surface area contributed by atoms with E-state index in [4.69, 9.17) is 16.4 Å². The van der Waals surface area contributed by atoms with Gasteiger partial charge in [0, 0.05) is 29.5 Å². The number of anilines is 1. The molecule has 0 atom stereocenters. The second kappa shape index (κ2) is 9.36.